The number of para-hydroxylation sites is 2. The highest BCUT2D eigenvalue weighted by Crippen LogP contribution is 2.39. The van der Waals surface area contributed by atoms with Crippen molar-refractivity contribution >= 4 is 22.5 Å². The van der Waals surface area contributed by atoms with Gasteiger partial charge in [-0.3, -0.25) is 9.69 Å². The Bertz CT molecular complexity index is 1020. The predicted octanol–water partition coefficient (Wildman–Crippen LogP) is 3.96. The van der Waals surface area contributed by atoms with Crippen LogP contribution in [0.1, 0.15) is 35.5 Å². The lowest BCUT2D eigenvalue weighted by Gasteiger charge is -2.31. The molecule has 1 aromatic heterocycles. The van der Waals surface area contributed by atoms with Gasteiger partial charge >= 0.3 is 0 Å². The van der Waals surface area contributed by atoms with E-state index in [1.165, 1.54) is 16.6 Å². The summed E-state index contributed by atoms with van der Waals surface area (Å²) in [6.07, 6.45) is 1.00. The van der Waals surface area contributed by atoms with Crippen LogP contribution in [0.3, 0.4) is 0 Å². The van der Waals surface area contributed by atoms with Gasteiger partial charge in [0.15, 0.2) is 0 Å². The minimum Gasteiger partial charge on any atom is -0.320 e. The van der Waals surface area contributed by atoms with Crippen molar-refractivity contribution in [1.82, 2.24) is 9.47 Å². The van der Waals surface area contributed by atoms with E-state index in [1.807, 2.05) is 30.3 Å². The van der Waals surface area contributed by atoms with E-state index in [1.54, 1.807) is 0 Å². The molecule has 0 radical (unpaired) electrons. The number of carbonyl (C=O) groups is 1. The van der Waals surface area contributed by atoms with E-state index in [-0.39, 0.29) is 5.91 Å². The molecule has 0 saturated carbocycles. The first-order valence-electron chi connectivity index (χ1n) is 8.95. The number of carbonyl (C=O) groups excluding carboxylic acids is 1. The molecule has 0 spiro atoms. The van der Waals surface area contributed by atoms with E-state index in [0.717, 1.165) is 42.0 Å². The Morgan fingerprint density at radius 2 is 1.92 bits per heavy atom. The molecule has 3 aromatic rings. The molecule has 0 bridgehead atoms. The van der Waals surface area contributed by atoms with Crippen LogP contribution < -0.4 is 5.32 Å². The average molecular weight is 331 g/mol. The Morgan fingerprint density at radius 1 is 1.08 bits per heavy atom. The summed E-state index contributed by atoms with van der Waals surface area (Å²) in [5.74, 6) is -0.0276. The van der Waals surface area contributed by atoms with Gasteiger partial charge < -0.3 is 9.88 Å². The van der Waals surface area contributed by atoms with E-state index < -0.39 is 0 Å². The van der Waals surface area contributed by atoms with Crippen LogP contribution in [0.15, 0.2) is 42.5 Å². The highest BCUT2D eigenvalue weighted by Gasteiger charge is 2.30. The fraction of sp³-hybridized carbons (Fsp3) is 0.286. The van der Waals surface area contributed by atoms with Crippen LogP contribution in [0.4, 0.5) is 5.69 Å². The van der Waals surface area contributed by atoms with Crippen LogP contribution >= 0.6 is 0 Å². The van der Waals surface area contributed by atoms with Crippen molar-refractivity contribution in [2.24, 2.45) is 0 Å². The lowest BCUT2D eigenvalue weighted by molar-refractivity contribution is 0.102. The van der Waals surface area contributed by atoms with E-state index in [4.69, 9.17) is 0 Å². The monoisotopic (exact) mass is 331 g/mol. The summed E-state index contributed by atoms with van der Waals surface area (Å²) < 4.78 is 2.32. The standard InChI is InChI=1S/C21H21N3O/c1-13(2)23-11-10-19-16(12-23)14-7-5-8-17-20(14)24(19)18-9-4-3-6-15(18)21(25)22-17/h3-9,13H,10-12H2,1-2H3,(H,22,25). The SMILES string of the molecule is CC(C)N1CCc2c(c3cccc4c3n2-c2ccccc2C(=O)N4)C1. The number of amides is 1. The second-order valence-corrected chi connectivity index (χ2v) is 7.25. The van der Waals surface area contributed by atoms with Gasteiger partial charge in [0.1, 0.15) is 0 Å². The van der Waals surface area contributed by atoms with Crippen molar-refractivity contribution in [3.8, 4) is 5.69 Å². The number of nitrogens with zero attached hydrogens (tertiary/aromatic N) is 2. The number of rotatable bonds is 1. The number of hydrogen-bond donors (Lipinski definition) is 1. The van der Waals surface area contributed by atoms with Crippen LogP contribution in [0, 0.1) is 0 Å². The zero-order valence-corrected chi connectivity index (χ0v) is 14.5. The molecule has 0 saturated heterocycles. The second-order valence-electron chi connectivity index (χ2n) is 7.25. The third-order valence-corrected chi connectivity index (χ3v) is 5.57. The zero-order valence-electron chi connectivity index (χ0n) is 14.5. The maximum atomic E-state index is 12.7. The molecule has 2 aliphatic rings. The maximum absolute atomic E-state index is 12.7. The van der Waals surface area contributed by atoms with Crippen molar-refractivity contribution in [2.45, 2.75) is 32.9 Å². The van der Waals surface area contributed by atoms with Gasteiger partial charge in [0.2, 0.25) is 0 Å². The Kier molecular flexibility index (Phi) is 3.06. The lowest BCUT2D eigenvalue weighted by Crippen LogP contribution is -2.36. The number of fused-ring (bicyclic) bond motifs is 5. The Labute approximate surface area is 147 Å². The maximum Gasteiger partial charge on any atom is 0.257 e. The van der Waals surface area contributed by atoms with Crippen molar-refractivity contribution < 1.29 is 4.79 Å². The molecule has 1 amide bonds. The third kappa shape index (κ3) is 2.01. The first kappa shape index (κ1) is 14.7. The molecule has 4 heteroatoms. The first-order valence-corrected chi connectivity index (χ1v) is 8.95. The molecular weight excluding hydrogens is 310 g/mol. The number of benzene rings is 2. The molecule has 1 N–H and O–H groups in total. The smallest absolute Gasteiger partial charge is 0.257 e. The van der Waals surface area contributed by atoms with Gasteiger partial charge in [0, 0.05) is 36.6 Å². The van der Waals surface area contributed by atoms with Crippen molar-refractivity contribution in [2.75, 3.05) is 11.9 Å². The fourth-order valence-corrected chi connectivity index (χ4v) is 4.28. The minimum absolute atomic E-state index is 0.0276. The average Bonchev–Trinajstić information content (AvgIpc) is 2.89. The minimum atomic E-state index is -0.0276. The Hall–Kier alpha value is -2.59. The summed E-state index contributed by atoms with van der Waals surface area (Å²) in [4.78, 5) is 15.2. The molecule has 0 atom stereocenters. The second kappa shape index (κ2) is 5.20. The molecule has 2 aliphatic heterocycles. The number of nitrogens with one attached hydrogen (secondary N) is 1. The Morgan fingerprint density at radius 3 is 2.76 bits per heavy atom. The van der Waals surface area contributed by atoms with Gasteiger partial charge in [0.05, 0.1) is 22.5 Å². The van der Waals surface area contributed by atoms with Crippen LogP contribution in [-0.4, -0.2) is 28.0 Å². The number of hydrogen-bond acceptors (Lipinski definition) is 2. The van der Waals surface area contributed by atoms with Gasteiger partial charge in [0.25, 0.3) is 5.91 Å². The summed E-state index contributed by atoms with van der Waals surface area (Å²) in [5.41, 5.74) is 6.53. The highest BCUT2D eigenvalue weighted by molar-refractivity contribution is 6.13. The van der Waals surface area contributed by atoms with Crippen LogP contribution in [0.25, 0.3) is 16.6 Å². The molecule has 0 aliphatic carbocycles. The lowest BCUT2D eigenvalue weighted by atomic mass is 10.0. The summed E-state index contributed by atoms with van der Waals surface area (Å²) in [5, 5.41) is 4.37. The molecule has 4 nitrogen and oxygen atoms in total. The van der Waals surface area contributed by atoms with E-state index in [2.05, 4.69) is 40.8 Å². The molecule has 25 heavy (non-hydrogen) atoms. The molecule has 2 aromatic carbocycles. The summed E-state index contributed by atoms with van der Waals surface area (Å²) in [7, 11) is 0. The summed E-state index contributed by atoms with van der Waals surface area (Å²) in [6.45, 7) is 6.54. The zero-order chi connectivity index (χ0) is 17.1. The summed E-state index contributed by atoms with van der Waals surface area (Å²) in [6, 6.07) is 14.7. The van der Waals surface area contributed by atoms with E-state index in [0.29, 0.717) is 6.04 Å². The van der Waals surface area contributed by atoms with Crippen molar-refractivity contribution in [1.29, 1.82) is 0 Å². The number of anilines is 1. The Balaban J connectivity index is 1.86. The molecule has 3 heterocycles. The van der Waals surface area contributed by atoms with Gasteiger partial charge in [-0.2, -0.15) is 0 Å². The molecule has 126 valence electrons. The largest absolute Gasteiger partial charge is 0.320 e. The van der Waals surface area contributed by atoms with Crippen LogP contribution in [0.5, 0.6) is 0 Å². The van der Waals surface area contributed by atoms with Crippen LogP contribution in [-0.2, 0) is 13.0 Å². The van der Waals surface area contributed by atoms with Gasteiger partial charge in [-0.05, 0) is 37.6 Å². The molecule has 0 fully saturated rings. The highest BCUT2D eigenvalue weighted by atomic mass is 16.1. The molecule has 0 unspecified atom stereocenters. The molecule has 5 rings (SSSR count). The van der Waals surface area contributed by atoms with Gasteiger partial charge in [-0.1, -0.05) is 24.3 Å². The van der Waals surface area contributed by atoms with E-state index in [9.17, 15) is 4.79 Å². The van der Waals surface area contributed by atoms with Crippen LogP contribution in [0.2, 0.25) is 0 Å². The summed E-state index contributed by atoms with van der Waals surface area (Å²) >= 11 is 0. The number of aromatic nitrogens is 1. The third-order valence-electron chi connectivity index (χ3n) is 5.57. The van der Waals surface area contributed by atoms with E-state index >= 15 is 0 Å². The topological polar surface area (TPSA) is 37.3 Å². The van der Waals surface area contributed by atoms with Gasteiger partial charge in [-0.15, -0.1) is 0 Å². The first-order chi connectivity index (χ1) is 12.1. The quantitative estimate of drug-likeness (QED) is 0.733. The van der Waals surface area contributed by atoms with Crippen molar-refractivity contribution in [3.63, 3.8) is 0 Å². The van der Waals surface area contributed by atoms with Crippen molar-refractivity contribution in [3.05, 3.63) is 59.3 Å². The van der Waals surface area contributed by atoms with Gasteiger partial charge in [-0.25, -0.2) is 0 Å². The molecular formula is C21H21N3O. The normalized spacial score (nSPS) is 16.5. The fourth-order valence-electron chi connectivity index (χ4n) is 4.28. The predicted molar refractivity (Wildman–Crippen MR) is 100 cm³/mol.